The first-order valence-corrected chi connectivity index (χ1v) is 11.7. The maximum Gasteiger partial charge on any atom is 0.273 e. The number of aromatic nitrogens is 1. The van der Waals surface area contributed by atoms with Crippen molar-refractivity contribution in [3.05, 3.63) is 48.2 Å². The zero-order chi connectivity index (χ0) is 23.2. The number of benzene rings is 1. The van der Waals surface area contributed by atoms with E-state index >= 15 is 0 Å². The molecule has 3 heterocycles. The lowest BCUT2D eigenvalue weighted by Crippen LogP contribution is -2.51. The fraction of sp³-hybridized carbons (Fsp3) is 0.480. The molecule has 8 heteroatoms. The van der Waals surface area contributed by atoms with E-state index in [1.807, 2.05) is 44.2 Å². The Morgan fingerprint density at radius 1 is 1.06 bits per heavy atom. The Morgan fingerprint density at radius 2 is 1.85 bits per heavy atom. The van der Waals surface area contributed by atoms with Gasteiger partial charge in [-0.25, -0.2) is 4.98 Å². The molecule has 0 radical (unpaired) electrons. The fourth-order valence-corrected chi connectivity index (χ4v) is 4.28. The van der Waals surface area contributed by atoms with Gasteiger partial charge in [-0.15, -0.1) is 0 Å². The van der Waals surface area contributed by atoms with E-state index in [0.29, 0.717) is 37.8 Å². The van der Waals surface area contributed by atoms with Crippen LogP contribution in [-0.4, -0.2) is 71.6 Å². The number of hydrogen-bond acceptors (Lipinski definition) is 6. The van der Waals surface area contributed by atoms with E-state index in [-0.39, 0.29) is 30.6 Å². The summed E-state index contributed by atoms with van der Waals surface area (Å²) in [5.74, 6) is 1.02. The highest BCUT2D eigenvalue weighted by atomic mass is 16.5. The number of para-hydroxylation sites is 2. The predicted molar refractivity (Wildman–Crippen MR) is 126 cm³/mol. The largest absolute Gasteiger partial charge is 0.491 e. The van der Waals surface area contributed by atoms with Crippen molar-refractivity contribution in [2.45, 2.75) is 45.3 Å². The second-order valence-electron chi connectivity index (χ2n) is 8.72. The van der Waals surface area contributed by atoms with Crippen LogP contribution in [0, 0.1) is 0 Å². The minimum Gasteiger partial charge on any atom is -0.491 e. The summed E-state index contributed by atoms with van der Waals surface area (Å²) in [6, 6.07) is 13.0. The number of pyridine rings is 1. The highest BCUT2D eigenvalue weighted by molar-refractivity contribution is 5.95. The molecule has 2 aromatic rings. The lowest BCUT2D eigenvalue weighted by molar-refractivity contribution is -0.143. The average molecular weight is 453 g/mol. The minimum absolute atomic E-state index is 0.0142. The van der Waals surface area contributed by atoms with Crippen molar-refractivity contribution < 1.29 is 19.1 Å². The molecular weight excluding hydrogens is 420 g/mol. The van der Waals surface area contributed by atoms with Gasteiger partial charge in [0, 0.05) is 19.6 Å². The molecule has 176 valence electrons. The number of carbonyl (C=O) groups is 2. The van der Waals surface area contributed by atoms with Gasteiger partial charge < -0.3 is 24.6 Å². The SMILES string of the molecule is CC1CN(C(=O)CN2CCCCCOc3ccccc3Nc3cccc(n3)C2=O)CC(C)O1. The molecule has 2 aliphatic rings. The maximum absolute atomic E-state index is 13.4. The quantitative estimate of drug-likeness (QED) is 0.751. The van der Waals surface area contributed by atoms with Crippen molar-refractivity contribution in [2.75, 3.05) is 38.1 Å². The summed E-state index contributed by atoms with van der Waals surface area (Å²) < 4.78 is 11.7. The van der Waals surface area contributed by atoms with Crippen LogP contribution in [0.15, 0.2) is 42.5 Å². The Bertz CT molecular complexity index is 972. The fourth-order valence-electron chi connectivity index (χ4n) is 4.28. The van der Waals surface area contributed by atoms with Crippen LogP contribution in [0.2, 0.25) is 0 Å². The smallest absolute Gasteiger partial charge is 0.273 e. The van der Waals surface area contributed by atoms with Crippen LogP contribution in [0.25, 0.3) is 0 Å². The van der Waals surface area contributed by atoms with Crippen molar-refractivity contribution in [3.63, 3.8) is 0 Å². The van der Waals surface area contributed by atoms with E-state index in [1.54, 1.807) is 21.9 Å². The molecule has 4 rings (SSSR count). The van der Waals surface area contributed by atoms with Crippen LogP contribution >= 0.6 is 0 Å². The molecule has 2 unspecified atom stereocenters. The topological polar surface area (TPSA) is 84.0 Å². The van der Waals surface area contributed by atoms with Gasteiger partial charge in [0.15, 0.2) is 0 Å². The predicted octanol–water partition coefficient (Wildman–Crippen LogP) is 3.47. The van der Waals surface area contributed by atoms with E-state index in [1.165, 1.54) is 0 Å². The second-order valence-corrected chi connectivity index (χ2v) is 8.72. The number of carbonyl (C=O) groups excluding carboxylic acids is 2. The number of morpholine rings is 1. The summed E-state index contributed by atoms with van der Waals surface area (Å²) >= 11 is 0. The summed E-state index contributed by atoms with van der Waals surface area (Å²) in [5.41, 5.74) is 1.11. The number of nitrogens with zero attached hydrogens (tertiary/aromatic N) is 3. The van der Waals surface area contributed by atoms with Crippen LogP contribution < -0.4 is 10.1 Å². The first kappa shape index (κ1) is 23.0. The van der Waals surface area contributed by atoms with Gasteiger partial charge in [-0.2, -0.15) is 0 Å². The van der Waals surface area contributed by atoms with E-state index in [2.05, 4.69) is 10.3 Å². The van der Waals surface area contributed by atoms with Crippen molar-refractivity contribution in [1.82, 2.24) is 14.8 Å². The first-order chi connectivity index (χ1) is 16.0. The van der Waals surface area contributed by atoms with Gasteiger partial charge in [-0.05, 0) is 57.4 Å². The molecular formula is C25H32N4O4. The average Bonchev–Trinajstić information content (AvgIpc) is 2.80. The van der Waals surface area contributed by atoms with Gasteiger partial charge >= 0.3 is 0 Å². The Morgan fingerprint density at radius 3 is 2.67 bits per heavy atom. The molecule has 8 nitrogen and oxygen atoms in total. The van der Waals surface area contributed by atoms with Gasteiger partial charge in [0.05, 0.1) is 24.5 Å². The van der Waals surface area contributed by atoms with E-state index in [9.17, 15) is 9.59 Å². The number of rotatable bonds is 2. The summed E-state index contributed by atoms with van der Waals surface area (Å²) in [4.78, 5) is 34.4. The second kappa shape index (κ2) is 10.7. The molecule has 2 bridgehead atoms. The molecule has 2 amide bonds. The monoisotopic (exact) mass is 452 g/mol. The molecule has 1 aromatic heterocycles. The van der Waals surface area contributed by atoms with Crippen LogP contribution in [0.5, 0.6) is 5.75 Å². The minimum atomic E-state index is -0.233. The number of nitrogens with one attached hydrogen (secondary N) is 1. The number of hydrogen-bond donors (Lipinski definition) is 1. The lowest BCUT2D eigenvalue weighted by Gasteiger charge is -2.36. The van der Waals surface area contributed by atoms with E-state index in [4.69, 9.17) is 9.47 Å². The molecule has 1 fully saturated rings. The van der Waals surface area contributed by atoms with Crippen molar-refractivity contribution >= 4 is 23.3 Å². The van der Waals surface area contributed by atoms with Crippen molar-refractivity contribution in [2.24, 2.45) is 0 Å². The van der Waals surface area contributed by atoms with Crippen LogP contribution in [0.3, 0.4) is 0 Å². The van der Waals surface area contributed by atoms with Gasteiger partial charge in [-0.3, -0.25) is 9.59 Å². The van der Waals surface area contributed by atoms with Crippen LogP contribution in [0.4, 0.5) is 11.5 Å². The molecule has 1 N–H and O–H groups in total. The van der Waals surface area contributed by atoms with E-state index in [0.717, 1.165) is 30.7 Å². The van der Waals surface area contributed by atoms with Gasteiger partial charge in [0.1, 0.15) is 23.8 Å². The highest BCUT2D eigenvalue weighted by Crippen LogP contribution is 2.27. The summed E-state index contributed by atoms with van der Waals surface area (Å²) in [7, 11) is 0. The molecule has 1 aromatic carbocycles. The summed E-state index contributed by atoms with van der Waals surface area (Å²) in [6.07, 6.45) is 2.52. The van der Waals surface area contributed by atoms with Gasteiger partial charge in [0.2, 0.25) is 5.91 Å². The van der Waals surface area contributed by atoms with Crippen LogP contribution in [0.1, 0.15) is 43.6 Å². The standard InChI is InChI=1S/C25H32N4O4/c1-18-15-29(16-19(2)33-18)24(30)17-28-13-6-3-7-14-32-22-11-5-4-9-20(22)26-23-12-8-10-21(27-23)25(28)31/h4-5,8-12,18-19H,3,6-7,13-17H2,1-2H3,(H,26,27). The third kappa shape index (κ3) is 6.01. The maximum atomic E-state index is 13.4. The summed E-state index contributed by atoms with van der Waals surface area (Å²) in [6.45, 7) is 6.13. The number of anilines is 2. The van der Waals surface area contributed by atoms with E-state index < -0.39 is 0 Å². The Labute approximate surface area is 194 Å². The van der Waals surface area contributed by atoms with Crippen molar-refractivity contribution in [3.8, 4) is 5.75 Å². The molecule has 2 aliphatic heterocycles. The number of ether oxygens (including phenoxy) is 2. The molecule has 33 heavy (non-hydrogen) atoms. The van der Waals surface area contributed by atoms with Gasteiger partial charge in [-0.1, -0.05) is 18.2 Å². The molecule has 1 saturated heterocycles. The number of amides is 2. The Hall–Kier alpha value is -3.13. The van der Waals surface area contributed by atoms with Crippen LogP contribution in [-0.2, 0) is 9.53 Å². The number of fused-ring (bicyclic) bond motifs is 3. The lowest BCUT2D eigenvalue weighted by atomic mass is 10.2. The molecule has 0 saturated carbocycles. The highest BCUT2D eigenvalue weighted by Gasteiger charge is 2.28. The Balaban J connectivity index is 1.55. The first-order valence-electron chi connectivity index (χ1n) is 11.7. The Kier molecular flexibility index (Phi) is 7.44. The zero-order valence-corrected chi connectivity index (χ0v) is 19.3. The molecule has 0 aliphatic carbocycles. The third-order valence-corrected chi connectivity index (χ3v) is 5.83. The third-order valence-electron chi connectivity index (χ3n) is 5.83. The summed E-state index contributed by atoms with van der Waals surface area (Å²) in [5, 5.41) is 3.26. The normalized spacial score (nSPS) is 21.9. The zero-order valence-electron chi connectivity index (χ0n) is 19.3. The van der Waals surface area contributed by atoms with Crippen molar-refractivity contribution in [1.29, 1.82) is 0 Å². The van der Waals surface area contributed by atoms with Gasteiger partial charge in [0.25, 0.3) is 5.91 Å². The molecule has 2 atom stereocenters. The molecule has 0 spiro atoms.